The molecule has 0 unspecified atom stereocenters. The summed E-state index contributed by atoms with van der Waals surface area (Å²) < 4.78 is 2.03. The van der Waals surface area contributed by atoms with Gasteiger partial charge >= 0.3 is 0 Å². The number of aryl methyl sites for hydroxylation is 2. The highest BCUT2D eigenvalue weighted by Gasteiger charge is 2.32. The van der Waals surface area contributed by atoms with Crippen LogP contribution >= 0.6 is 0 Å². The average Bonchev–Trinajstić information content (AvgIpc) is 2.75. The molecule has 98 valence electrons. The van der Waals surface area contributed by atoms with Gasteiger partial charge in [0.15, 0.2) is 0 Å². The molecule has 0 spiro atoms. The van der Waals surface area contributed by atoms with E-state index in [1.165, 1.54) is 0 Å². The molecule has 1 aliphatic rings. The first kappa shape index (κ1) is 11.9. The van der Waals surface area contributed by atoms with Gasteiger partial charge in [-0.05, 0) is 26.0 Å². The van der Waals surface area contributed by atoms with E-state index >= 15 is 0 Å². The highest BCUT2D eigenvalue weighted by molar-refractivity contribution is 5.94. The van der Waals surface area contributed by atoms with Gasteiger partial charge in [0.1, 0.15) is 12.2 Å². The molecule has 1 aliphatic heterocycles. The second-order valence-electron chi connectivity index (χ2n) is 5.02. The van der Waals surface area contributed by atoms with Crippen LogP contribution in [0, 0.1) is 13.8 Å². The fourth-order valence-corrected chi connectivity index (χ4v) is 2.33. The van der Waals surface area contributed by atoms with Gasteiger partial charge in [0, 0.05) is 18.7 Å². The summed E-state index contributed by atoms with van der Waals surface area (Å²) in [5.41, 5.74) is 1.92. The van der Waals surface area contributed by atoms with E-state index < -0.39 is 0 Å². The van der Waals surface area contributed by atoms with E-state index in [0.717, 1.165) is 30.0 Å². The molecule has 0 saturated carbocycles. The number of likely N-dealkylation sites (tertiary alicyclic amines) is 1. The molecule has 5 heteroatoms. The lowest BCUT2D eigenvalue weighted by Gasteiger charge is -2.40. The third-order valence-corrected chi connectivity index (χ3v) is 3.59. The predicted octanol–water partition coefficient (Wildman–Crippen LogP) is 1.59. The molecule has 2 aromatic rings. The zero-order valence-corrected chi connectivity index (χ0v) is 11.1. The molecule has 3 rings (SSSR count). The van der Waals surface area contributed by atoms with E-state index in [0.29, 0.717) is 6.04 Å². The molecule has 1 amide bonds. The Morgan fingerprint density at radius 3 is 2.47 bits per heavy atom. The second-order valence-corrected chi connectivity index (χ2v) is 5.02. The first-order chi connectivity index (χ1) is 9.15. The largest absolute Gasteiger partial charge is 0.334 e. The van der Waals surface area contributed by atoms with Crippen molar-refractivity contribution in [3.63, 3.8) is 0 Å². The lowest BCUT2D eigenvalue weighted by Crippen LogP contribution is -2.50. The van der Waals surface area contributed by atoms with Gasteiger partial charge in [-0.1, -0.05) is 17.7 Å². The number of hydrogen-bond donors (Lipinski definition) is 0. The van der Waals surface area contributed by atoms with Crippen LogP contribution in [0.25, 0.3) is 0 Å². The molecule has 1 saturated heterocycles. The Bertz CT molecular complexity index is 596. The Morgan fingerprint density at radius 1 is 1.21 bits per heavy atom. The molecule has 5 nitrogen and oxygen atoms in total. The number of aromatic nitrogens is 3. The molecular formula is C14H16N4O. The van der Waals surface area contributed by atoms with Gasteiger partial charge in [-0.2, -0.15) is 0 Å². The van der Waals surface area contributed by atoms with Crippen molar-refractivity contribution in [2.45, 2.75) is 19.9 Å². The summed E-state index contributed by atoms with van der Waals surface area (Å²) in [6.07, 6.45) is 1.73. The molecule has 19 heavy (non-hydrogen) atoms. The number of carbonyl (C=O) groups excluding carboxylic acids is 1. The summed E-state index contributed by atoms with van der Waals surface area (Å²) in [4.78, 5) is 14.1. The average molecular weight is 256 g/mol. The lowest BCUT2D eigenvalue weighted by atomic mass is 10.1. The number of amides is 1. The van der Waals surface area contributed by atoms with E-state index in [-0.39, 0.29) is 5.91 Å². The molecule has 2 heterocycles. The van der Waals surface area contributed by atoms with Crippen molar-refractivity contribution >= 4 is 5.91 Å². The smallest absolute Gasteiger partial charge is 0.253 e. The Labute approximate surface area is 111 Å². The molecule has 0 radical (unpaired) electrons. The fourth-order valence-electron chi connectivity index (χ4n) is 2.33. The predicted molar refractivity (Wildman–Crippen MR) is 70.9 cm³/mol. The van der Waals surface area contributed by atoms with Gasteiger partial charge in [-0.15, -0.1) is 10.2 Å². The second kappa shape index (κ2) is 4.50. The van der Waals surface area contributed by atoms with Gasteiger partial charge in [0.05, 0.1) is 6.04 Å². The zero-order chi connectivity index (χ0) is 13.4. The van der Waals surface area contributed by atoms with Gasteiger partial charge < -0.3 is 9.47 Å². The van der Waals surface area contributed by atoms with Gasteiger partial charge in [-0.25, -0.2) is 0 Å². The molecule has 0 bridgehead atoms. The lowest BCUT2D eigenvalue weighted by molar-refractivity contribution is 0.0517. The monoisotopic (exact) mass is 256 g/mol. The maximum absolute atomic E-state index is 12.2. The molecule has 0 atom stereocenters. The Kier molecular flexibility index (Phi) is 2.81. The van der Waals surface area contributed by atoms with Crippen LogP contribution in [0.15, 0.2) is 30.6 Å². The number of hydrogen-bond acceptors (Lipinski definition) is 3. The van der Waals surface area contributed by atoms with Gasteiger partial charge in [-0.3, -0.25) is 4.79 Å². The van der Waals surface area contributed by atoms with Crippen LogP contribution in [0.1, 0.15) is 27.8 Å². The Morgan fingerprint density at radius 2 is 1.89 bits per heavy atom. The van der Waals surface area contributed by atoms with Crippen molar-refractivity contribution < 1.29 is 4.79 Å². The third kappa shape index (κ3) is 2.12. The number of rotatable bonds is 2. The van der Waals surface area contributed by atoms with E-state index in [9.17, 15) is 4.79 Å². The van der Waals surface area contributed by atoms with Crippen LogP contribution in [-0.2, 0) is 0 Å². The van der Waals surface area contributed by atoms with Crippen molar-refractivity contribution in [1.29, 1.82) is 0 Å². The fraction of sp³-hybridized carbons (Fsp3) is 0.357. The van der Waals surface area contributed by atoms with E-state index in [4.69, 9.17) is 0 Å². The molecule has 1 aromatic heterocycles. The summed E-state index contributed by atoms with van der Waals surface area (Å²) in [6.45, 7) is 5.40. The maximum atomic E-state index is 12.2. The van der Waals surface area contributed by atoms with Gasteiger partial charge in [0.25, 0.3) is 5.91 Å². The van der Waals surface area contributed by atoms with Crippen LogP contribution in [0.4, 0.5) is 0 Å². The zero-order valence-electron chi connectivity index (χ0n) is 11.1. The molecule has 0 N–H and O–H groups in total. The van der Waals surface area contributed by atoms with Crippen molar-refractivity contribution in [3.8, 4) is 0 Å². The first-order valence-electron chi connectivity index (χ1n) is 6.37. The normalized spacial score (nSPS) is 15.4. The summed E-state index contributed by atoms with van der Waals surface area (Å²) >= 11 is 0. The Balaban J connectivity index is 1.66. The minimum Gasteiger partial charge on any atom is -0.334 e. The Hall–Kier alpha value is -2.17. The SMILES string of the molecule is Cc1ccc(C(=O)N2CC(n3cnnc3C)C2)cc1. The summed E-state index contributed by atoms with van der Waals surface area (Å²) in [6, 6.07) is 8.01. The number of nitrogens with zero attached hydrogens (tertiary/aromatic N) is 4. The minimum absolute atomic E-state index is 0.0991. The first-order valence-corrected chi connectivity index (χ1v) is 6.37. The van der Waals surface area contributed by atoms with Crippen LogP contribution < -0.4 is 0 Å². The van der Waals surface area contributed by atoms with E-state index in [2.05, 4.69) is 10.2 Å². The van der Waals surface area contributed by atoms with Crippen LogP contribution in [0.2, 0.25) is 0 Å². The quantitative estimate of drug-likeness (QED) is 0.820. The van der Waals surface area contributed by atoms with E-state index in [1.54, 1.807) is 6.33 Å². The minimum atomic E-state index is 0.0991. The molecular weight excluding hydrogens is 240 g/mol. The highest BCUT2D eigenvalue weighted by Crippen LogP contribution is 2.23. The summed E-state index contributed by atoms with van der Waals surface area (Å²) in [5.74, 6) is 0.995. The third-order valence-electron chi connectivity index (χ3n) is 3.59. The van der Waals surface area contributed by atoms with Crippen molar-refractivity contribution in [2.24, 2.45) is 0 Å². The summed E-state index contributed by atoms with van der Waals surface area (Å²) in [7, 11) is 0. The van der Waals surface area contributed by atoms with Crippen LogP contribution in [-0.4, -0.2) is 38.7 Å². The highest BCUT2D eigenvalue weighted by atomic mass is 16.2. The number of carbonyl (C=O) groups is 1. The topological polar surface area (TPSA) is 51.0 Å². The maximum Gasteiger partial charge on any atom is 0.253 e. The van der Waals surface area contributed by atoms with Crippen molar-refractivity contribution in [2.75, 3.05) is 13.1 Å². The standard InChI is InChI=1S/C14H16N4O/c1-10-3-5-12(6-4-10)14(19)17-7-13(8-17)18-9-15-16-11(18)2/h3-6,9,13H,7-8H2,1-2H3. The number of benzene rings is 1. The molecule has 1 fully saturated rings. The summed E-state index contributed by atoms with van der Waals surface area (Å²) in [5, 5.41) is 7.84. The van der Waals surface area contributed by atoms with Crippen LogP contribution in [0.5, 0.6) is 0 Å². The van der Waals surface area contributed by atoms with E-state index in [1.807, 2.05) is 47.6 Å². The molecule has 0 aliphatic carbocycles. The molecule has 1 aromatic carbocycles. The van der Waals surface area contributed by atoms with Crippen molar-refractivity contribution in [3.05, 3.63) is 47.5 Å². The van der Waals surface area contributed by atoms with Crippen molar-refractivity contribution in [1.82, 2.24) is 19.7 Å². The van der Waals surface area contributed by atoms with Gasteiger partial charge in [0.2, 0.25) is 0 Å². The van der Waals surface area contributed by atoms with Crippen LogP contribution in [0.3, 0.4) is 0 Å².